The molecule has 5 heteroatoms. The van der Waals surface area contributed by atoms with E-state index in [1.54, 1.807) is 6.07 Å². The highest BCUT2D eigenvalue weighted by Crippen LogP contribution is 2.24. The minimum Gasteiger partial charge on any atom is -0.382 e. The summed E-state index contributed by atoms with van der Waals surface area (Å²) >= 11 is 5.83. The Morgan fingerprint density at radius 3 is 3.06 bits per heavy atom. The summed E-state index contributed by atoms with van der Waals surface area (Å²) in [6, 6.07) is 2.25. The van der Waals surface area contributed by atoms with Crippen molar-refractivity contribution in [1.82, 2.24) is 4.98 Å². The van der Waals surface area contributed by atoms with E-state index in [1.165, 1.54) is 6.20 Å². The highest BCUT2D eigenvalue weighted by Gasteiger charge is 2.19. The van der Waals surface area contributed by atoms with Gasteiger partial charge in [-0.2, -0.15) is 0 Å². The number of aromatic nitrogens is 1. The standard InChI is InChI=1S/C12H16ClN3O/c13-12-5-11(8(7-17)6-15-12)16-10-3-1-2-9(14)4-10/h5-7,9-10H,1-4,14H2,(H,15,16). The number of hydrogen-bond donors (Lipinski definition) is 2. The molecule has 3 N–H and O–H groups in total. The largest absolute Gasteiger partial charge is 0.382 e. The van der Waals surface area contributed by atoms with Gasteiger partial charge in [-0.1, -0.05) is 11.6 Å². The smallest absolute Gasteiger partial charge is 0.153 e. The molecule has 1 aromatic heterocycles. The monoisotopic (exact) mass is 253 g/mol. The summed E-state index contributed by atoms with van der Waals surface area (Å²) in [6.45, 7) is 0. The van der Waals surface area contributed by atoms with Gasteiger partial charge in [0.15, 0.2) is 6.29 Å². The number of carbonyl (C=O) groups is 1. The number of carbonyl (C=O) groups excluding carboxylic acids is 1. The van der Waals surface area contributed by atoms with Gasteiger partial charge in [-0.15, -0.1) is 0 Å². The maximum atomic E-state index is 10.9. The van der Waals surface area contributed by atoms with Crippen molar-refractivity contribution >= 4 is 23.6 Å². The molecule has 1 heterocycles. The van der Waals surface area contributed by atoms with Crippen molar-refractivity contribution in [3.63, 3.8) is 0 Å². The maximum Gasteiger partial charge on any atom is 0.153 e. The molecular formula is C12H16ClN3O. The number of nitrogens with two attached hydrogens (primary N) is 1. The molecule has 0 bridgehead atoms. The van der Waals surface area contributed by atoms with Crippen LogP contribution in [-0.2, 0) is 0 Å². The van der Waals surface area contributed by atoms with Gasteiger partial charge in [0.1, 0.15) is 5.15 Å². The van der Waals surface area contributed by atoms with Crippen LogP contribution in [0, 0.1) is 0 Å². The maximum absolute atomic E-state index is 10.9. The van der Waals surface area contributed by atoms with Gasteiger partial charge in [0.2, 0.25) is 0 Å². The molecule has 17 heavy (non-hydrogen) atoms. The second-order valence-electron chi connectivity index (χ2n) is 4.48. The Balaban J connectivity index is 2.11. The Labute approximate surface area is 106 Å². The van der Waals surface area contributed by atoms with Gasteiger partial charge in [0, 0.05) is 24.0 Å². The first-order valence-corrected chi connectivity index (χ1v) is 6.19. The fraction of sp³-hybridized carbons (Fsp3) is 0.500. The molecule has 2 rings (SSSR count). The van der Waals surface area contributed by atoms with Crippen LogP contribution in [0.25, 0.3) is 0 Å². The molecule has 4 nitrogen and oxygen atoms in total. The minimum absolute atomic E-state index is 0.248. The van der Waals surface area contributed by atoms with Crippen LogP contribution in [0.15, 0.2) is 12.3 Å². The number of nitrogens with zero attached hydrogens (tertiary/aromatic N) is 1. The van der Waals surface area contributed by atoms with Crippen molar-refractivity contribution in [2.75, 3.05) is 5.32 Å². The topological polar surface area (TPSA) is 68.0 Å². The molecule has 0 aliphatic heterocycles. The molecule has 0 aromatic carbocycles. The number of aldehydes is 1. The van der Waals surface area contributed by atoms with Gasteiger partial charge in [-0.25, -0.2) is 4.98 Å². The van der Waals surface area contributed by atoms with Crippen molar-refractivity contribution in [2.24, 2.45) is 5.73 Å². The third-order valence-corrected chi connectivity index (χ3v) is 3.31. The van der Waals surface area contributed by atoms with Gasteiger partial charge in [-0.05, 0) is 31.7 Å². The second-order valence-corrected chi connectivity index (χ2v) is 4.87. The Morgan fingerprint density at radius 2 is 2.35 bits per heavy atom. The normalized spacial score (nSPS) is 24.4. The zero-order valence-electron chi connectivity index (χ0n) is 9.53. The van der Waals surface area contributed by atoms with Crippen molar-refractivity contribution in [2.45, 2.75) is 37.8 Å². The van der Waals surface area contributed by atoms with Crippen LogP contribution in [0.5, 0.6) is 0 Å². The Bertz CT molecular complexity index is 411. The van der Waals surface area contributed by atoms with E-state index in [4.69, 9.17) is 17.3 Å². The van der Waals surface area contributed by atoms with Crippen molar-refractivity contribution in [3.8, 4) is 0 Å². The lowest BCUT2D eigenvalue weighted by atomic mass is 9.91. The summed E-state index contributed by atoms with van der Waals surface area (Å²) in [7, 11) is 0. The first-order valence-electron chi connectivity index (χ1n) is 5.82. The highest BCUT2D eigenvalue weighted by molar-refractivity contribution is 6.29. The van der Waals surface area contributed by atoms with E-state index >= 15 is 0 Å². The minimum atomic E-state index is 0.248. The van der Waals surface area contributed by atoms with Crippen LogP contribution in [0.4, 0.5) is 5.69 Å². The molecule has 1 fully saturated rings. The molecule has 1 saturated carbocycles. The Morgan fingerprint density at radius 1 is 1.53 bits per heavy atom. The highest BCUT2D eigenvalue weighted by atomic mass is 35.5. The Kier molecular flexibility index (Phi) is 3.97. The average molecular weight is 254 g/mol. The molecule has 1 aliphatic carbocycles. The van der Waals surface area contributed by atoms with E-state index in [2.05, 4.69) is 10.3 Å². The predicted molar refractivity (Wildman–Crippen MR) is 68.5 cm³/mol. The molecule has 2 unspecified atom stereocenters. The number of rotatable bonds is 3. The van der Waals surface area contributed by atoms with Gasteiger partial charge in [-0.3, -0.25) is 4.79 Å². The first-order chi connectivity index (χ1) is 8.19. The average Bonchev–Trinajstić information content (AvgIpc) is 2.29. The zero-order valence-corrected chi connectivity index (χ0v) is 10.3. The lowest BCUT2D eigenvalue weighted by Gasteiger charge is -2.28. The number of anilines is 1. The summed E-state index contributed by atoms with van der Waals surface area (Å²) in [5, 5.41) is 3.72. The fourth-order valence-electron chi connectivity index (χ4n) is 2.24. The van der Waals surface area contributed by atoms with Crippen LogP contribution in [0.3, 0.4) is 0 Å². The van der Waals surface area contributed by atoms with Gasteiger partial charge in [0.05, 0.1) is 5.56 Å². The third kappa shape index (κ3) is 3.17. The van der Waals surface area contributed by atoms with E-state index in [0.29, 0.717) is 16.8 Å². The van der Waals surface area contributed by atoms with Crippen LogP contribution in [-0.4, -0.2) is 23.4 Å². The van der Waals surface area contributed by atoms with Crippen LogP contribution in [0.2, 0.25) is 5.15 Å². The predicted octanol–water partition coefficient (Wildman–Crippen LogP) is 2.23. The van der Waals surface area contributed by atoms with E-state index in [0.717, 1.165) is 37.7 Å². The van der Waals surface area contributed by atoms with Crippen LogP contribution in [0.1, 0.15) is 36.0 Å². The SMILES string of the molecule is NC1CCCC(Nc2cc(Cl)ncc2C=O)C1. The molecule has 0 amide bonds. The van der Waals surface area contributed by atoms with Gasteiger partial charge < -0.3 is 11.1 Å². The van der Waals surface area contributed by atoms with Crippen LogP contribution < -0.4 is 11.1 Å². The fourth-order valence-corrected chi connectivity index (χ4v) is 2.40. The molecular weight excluding hydrogens is 238 g/mol. The molecule has 1 aliphatic rings. The van der Waals surface area contributed by atoms with Gasteiger partial charge in [0.25, 0.3) is 0 Å². The lowest BCUT2D eigenvalue weighted by molar-refractivity contribution is 0.112. The molecule has 0 spiro atoms. The molecule has 1 aromatic rings. The van der Waals surface area contributed by atoms with Crippen molar-refractivity contribution in [1.29, 1.82) is 0 Å². The molecule has 0 saturated heterocycles. The lowest BCUT2D eigenvalue weighted by Crippen LogP contribution is -2.35. The summed E-state index contributed by atoms with van der Waals surface area (Å²) in [5.74, 6) is 0. The van der Waals surface area contributed by atoms with E-state index in [1.807, 2.05) is 0 Å². The number of nitrogens with one attached hydrogen (secondary N) is 1. The summed E-state index contributed by atoms with van der Waals surface area (Å²) < 4.78 is 0. The molecule has 92 valence electrons. The quantitative estimate of drug-likeness (QED) is 0.640. The number of hydrogen-bond acceptors (Lipinski definition) is 4. The number of halogens is 1. The summed E-state index contributed by atoms with van der Waals surface area (Å²) in [4.78, 5) is 14.8. The van der Waals surface area contributed by atoms with E-state index in [-0.39, 0.29) is 6.04 Å². The third-order valence-electron chi connectivity index (χ3n) is 3.10. The number of pyridine rings is 1. The van der Waals surface area contributed by atoms with Crippen molar-refractivity contribution < 1.29 is 4.79 Å². The van der Waals surface area contributed by atoms with Crippen LogP contribution >= 0.6 is 11.6 Å². The summed E-state index contributed by atoms with van der Waals surface area (Å²) in [5.41, 5.74) is 7.22. The van der Waals surface area contributed by atoms with E-state index in [9.17, 15) is 4.79 Å². The molecule has 0 radical (unpaired) electrons. The zero-order chi connectivity index (χ0) is 12.3. The second kappa shape index (κ2) is 5.47. The van der Waals surface area contributed by atoms with Crippen molar-refractivity contribution in [3.05, 3.63) is 23.0 Å². The summed E-state index contributed by atoms with van der Waals surface area (Å²) in [6.07, 6.45) is 6.48. The Hall–Kier alpha value is -1.13. The first kappa shape index (κ1) is 12.3. The molecule has 2 atom stereocenters. The van der Waals surface area contributed by atoms with E-state index < -0.39 is 0 Å². The van der Waals surface area contributed by atoms with Gasteiger partial charge >= 0.3 is 0 Å².